The van der Waals surface area contributed by atoms with Crippen molar-refractivity contribution < 1.29 is 14.4 Å². The molecule has 0 aliphatic heterocycles. The molecule has 0 saturated heterocycles. The molecule has 6 nitrogen and oxygen atoms in total. The first-order valence-corrected chi connectivity index (χ1v) is 5.62. The first kappa shape index (κ1) is 14.9. The van der Waals surface area contributed by atoms with Crippen LogP contribution < -0.4 is 11.1 Å². The molecule has 0 radical (unpaired) electrons. The second-order valence-corrected chi connectivity index (χ2v) is 4.23. The van der Waals surface area contributed by atoms with Crippen LogP contribution >= 0.6 is 0 Å². The smallest absolute Gasteiger partial charge is 0.236 e. The van der Waals surface area contributed by atoms with Crippen molar-refractivity contribution >= 4 is 11.7 Å². The van der Waals surface area contributed by atoms with Crippen LogP contribution in [0, 0.1) is 5.82 Å². The predicted molar refractivity (Wildman–Crippen MR) is 69.3 cm³/mol. The Hall–Kier alpha value is -2.15. The van der Waals surface area contributed by atoms with E-state index in [0.717, 1.165) is 0 Å². The Morgan fingerprint density at radius 1 is 1.47 bits per heavy atom. The molecule has 0 aliphatic rings. The molecule has 0 unspecified atom stereocenters. The van der Waals surface area contributed by atoms with Gasteiger partial charge in [0.1, 0.15) is 5.82 Å². The molecule has 0 fully saturated rings. The summed E-state index contributed by atoms with van der Waals surface area (Å²) in [6.45, 7) is 0.464. The third-order valence-corrected chi connectivity index (χ3v) is 2.47. The number of nitrogens with two attached hydrogens (primary N) is 1. The van der Waals surface area contributed by atoms with Crippen LogP contribution in [-0.2, 0) is 11.3 Å². The number of halogens is 1. The van der Waals surface area contributed by atoms with E-state index in [1.54, 1.807) is 20.2 Å². The van der Waals surface area contributed by atoms with Gasteiger partial charge in [-0.05, 0) is 23.8 Å². The number of likely N-dealkylation sites (N-methyl/N-ethyl adjacent to an activating group) is 1. The minimum absolute atomic E-state index is 0.0759. The standard InChI is InChI=1S/C12H17FN4O2/c1-17(2)11(18)7-15-6-8-3-9(12(14)16-19)5-10(13)4-8/h3-5,15,19H,6-7H2,1-2H3,(H2,14,16). The molecule has 0 saturated carbocycles. The molecule has 0 aliphatic carbocycles. The van der Waals surface area contributed by atoms with E-state index in [1.807, 2.05) is 0 Å². The maximum Gasteiger partial charge on any atom is 0.236 e. The van der Waals surface area contributed by atoms with Crippen LogP contribution in [0.15, 0.2) is 23.4 Å². The highest BCUT2D eigenvalue weighted by Crippen LogP contribution is 2.09. The molecule has 1 aromatic rings. The zero-order valence-corrected chi connectivity index (χ0v) is 10.9. The Labute approximate surface area is 110 Å². The Balaban J connectivity index is 2.69. The summed E-state index contributed by atoms with van der Waals surface area (Å²) in [5.74, 6) is -0.724. The van der Waals surface area contributed by atoms with Gasteiger partial charge in [-0.3, -0.25) is 4.79 Å². The molecule has 1 aromatic carbocycles. The Morgan fingerprint density at radius 2 is 2.16 bits per heavy atom. The van der Waals surface area contributed by atoms with Gasteiger partial charge < -0.3 is 21.2 Å². The van der Waals surface area contributed by atoms with Crippen molar-refractivity contribution in [2.45, 2.75) is 6.54 Å². The summed E-state index contributed by atoms with van der Waals surface area (Å²) in [6, 6.07) is 4.08. The van der Waals surface area contributed by atoms with Gasteiger partial charge in [-0.25, -0.2) is 4.39 Å². The quantitative estimate of drug-likeness (QED) is 0.306. The molecule has 4 N–H and O–H groups in total. The Morgan fingerprint density at radius 3 is 2.74 bits per heavy atom. The zero-order chi connectivity index (χ0) is 14.4. The number of amides is 1. The maximum atomic E-state index is 13.3. The monoisotopic (exact) mass is 268 g/mol. The van der Waals surface area contributed by atoms with E-state index in [4.69, 9.17) is 10.9 Å². The molecule has 0 bridgehead atoms. The third kappa shape index (κ3) is 4.55. The van der Waals surface area contributed by atoms with Gasteiger partial charge in [-0.15, -0.1) is 0 Å². The van der Waals surface area contributed by atoms with E-state index < -0.39 is 5.82 Å². The molecule has 19 heavy (non-hydrogen) atoms. The van der Waals surface area contributed by atoms with Crippen molar-refractivity contribution in [1.82, 2.24) is 10.2 Å². The van der Waals surface area contributed by atoms with Gasteiger partial charge in [0.2, 0.25) is 5.91 Å². The number of nitrogens with zero attached hydrogens (tertiary/aromatic N) is 2. The second-order valence-electron chi connectivity index (χ2n) is 4.23. The van der Waals surface area contributed by atoms with Crippen LogP contribution in [-0.4, -0.2) is 42.5 Å². The summed E-state index contributed by atoms with van der Waals surface area (Å²) in [5, 5.41) is 14.3. The first-order chi connectivity index (χ1) is 8.93. The average molecular weight is 268 g/mol. The highest BCUT2D eigenvalue weighted by Gasteiger charge is 2.06. The average Bonchev–Trinajstić information content (AvgIpc) is 2.36. The van der Waals surface area contributed by atoms with Gasteiger partial charge in [0.25, 0.3) is 0 Å². The van der Waals surface area contributed by atoms with Gasteiger partial charge in [0.05, 0.1) is 6.54 Å². The topological polar surface area (TPSA) is 91.0 Å². The molecule has 104 valence electrons. The van der Waals surface area contributed by atoms with Crippen molar-refractivity contribution in [2.75, 3.05) is 20.6 Å². The van der Waals surface area contributed by atoms with Crippen LogP contribution in [0.4, 0.5) is 4.39 Å². The fourth-order valence-electron chi connectivity index (χ4n) is 1.43. The van der Waals surface area contributed by atoms with E-state index in [1.165, 1.54) is 17.0 Å². The van der Waals surface area contributed by atoms with Crippen LogP contribution in [0.1, 0.15) is 11.1 Å². The zero-order valence-electron chi connectivity index (χ0n) is 10.9. The lowest BCUT2D eigenvalue weighted by atomic mass is 10.1. The minimum atomic E-state index is -0.486. The predicted octanol–water partition coefficient (Wildman–Crippen LogP) is 0.0980. The van der Waals surface area contributed by atoms with Gasteiger partial charge in [0, 0.05) is 26.2 Å². The highest BCUT2D eigenvalue weighted by atomic mass is 19.1. The molecule has 1 rings (SSSR count). The largest absolute Gasteiger partial charge is 0.409 e. The van der Waals surface area contributed by atoms with E-state index in [-0.39, 0.29) is 18.3 Å². The molecule has 1 amide bonds. The second kappa shape index (κ2) is 6.69. The van der Waals surface area contributed by atoms with Gasteiger partial charge in [0.15, 0.2) is 5.84 Å². The number of oxime groups is 1. The fourth-order valence-corrected chi connectivity index (χ4v) is 1.43. The normalized spacial score (nSPS) is 11.4. The van der Waals surface area contributed by atoms with Crippen LogP contribution in [0.3, 0.4) is 0 Å². The van der Waals surface area contributed by atoms with Gasteiger partial charge >= 0.3 is 0 Å². The van der Waals surface area contributed by atoms with Crippen molar-refractivity contribution in [3.63, 3.8) is 0 Å². The molecule has 0 heterocycles. The first-order valence-electron chi connectivity index (χ1n) is 5.62. The van der Waals surface area contributed by atoms with E-state index in [9.17, 15) is 9.18 Å². The van der Waals surface area contributed by atoms with Crippen molar-refractivity contribution in [3.8, 4) is 0 Å². The molecule has 0 atom stereocenters. The number of hydrogen-bond donors (Lipinski definition) is 3. The molecular formula is C12H17FN4O2. The van der Waals surface area contributed by atoms with E-state index in [2.05, 4.69) is 10.5 Å². The number of nitrogens with one attached hydrogen (secondary N) is 1. The summed E-state index contributed by atoms with van der Waals surface area (Å²) in [4.78, 5) is 12.8. The maximum absolute atomic E-state index is 13.3. The lowest BCUT2D eigenvalue weighted by molar-refractivity contribution is -0.127. The summed E-state index contributed by atoms with van der Waals surface area (Å²) >= 11 is 0. The van der Waals surface area contributed by atoms with Crippen molar-refractivity contribution in [1.29, 1.82) is 0 Å². The third-order valence-electron chi connectivity index (χ3n) is 2.47. The Bertz CT molecular complexity index is 489. The van der Waals surface area contributed by atoms with Crippen molar-refractivity contribution in [2.24, 2.45) is 10.9 Å². The lowest BCUT2D eigenvalue weighted by Gasteiger charge is -2.11. The summed E-state index contributed by atoms with van der Waals surface area (Å²) in [7, 11) is 3.31. The SMILES string of the molecule is CN(C)C(=O)CNCc1cc(F)cc(/C(N)=N/O)c1. The van der Waals surface area contributed by atoms with Crippen LogP contribution in [0.5, 0.6) is 0 Å². The summed E-state index contributed by atoms with van der Waals surface area (Å²) in [5.41, 5.74) is 6.30. The minimum Gasteiger partial charge on any atom is -0.409 e. The van der Waals surface area contributed by atoms with Crippen molar-refractivity contribution in [3.05, 3.63) is 35.1 Å². The lowest BCUT2D eigenvalue weighted by Crippen LogP contribution is -2.32. The van der Waals surface area contributed by atoms with Gasteiger partial charge in [-0.1, -0.05) is 5.16 Å². The molecule has 0 spiro atoms. The van der Waals surface area contributed by atoms with E-state index >= 15 is 0 Å². The number of benzene rings is 1. The summed E-state index contributed by atoms with van der Waals surface area (Å²) in [6.07, 6.45) is 0. The van der Waals surface area contributed by atoms with E-state index in [0.29, 0.717) is 17.7 Å². The van der Waals surface area contributed by atoms with Crippen LogP contribution in [0.25, 0.3) is 0 Å². The number of carbonyl (C=O) groups excluding carboxylic acids is 1. The van der Waals surface area contributed by atoms with Gasteiger partial charge in [-0.2, -0.15) is 0 Å². The number of hydrogen-bond acceptors (Lipinski definition) is 4. The van der Waals surface area contributed by atoms with Crippen LogP contribution in [0.2, 0.25) is 0 Å². The number of amidine groups is 1. The summed E-state index contributed by atoms with van der Waals surface area (Å²) < 4.78 is 13.3. The Kier molecular flexibility index (Phi) is 5.25. The fraction of sp³-hybridized carbons (Fsp3) is 0.333. The molecular weight excluding hydrogens is 251 g/mol. The number of carbonyl (C=O) groups is 1. The molecule has 7 heteroatoms. The number of rotatable bonds is 5. The molecule has 0 aromatic heterocycles. The highest BCUT2D eigenvalue weighted by molar-refractivity contribution is 5.97.